The highest BCUT2D eigenvalue weighted by Gasteiger charge is 2.19. The summed E-state index contributed by atoms with van der Waals surface area (Å²) in [6.07, 6.45) is 3.29. The maximum Gasteiger partial charge on any atom is 0.233 e. The molecule has 0 aliphatic heterocycles. The molecule has 0 aliphatic rings. The van der Waals surface area contributed by atoms with Gasteiger partial charge in [0, 0.05) is 12.7 Å². The Bertz CT molecular complexity index is 770. The van der Waals surface area contributed by atoms with Crippen molar-refractivity contribution in [3.05, 3.63) is 54.2 Å². The van der Waals surface area contributed by atoms with Crippen molar-refractivity contribution in [2.75, 3.05) is 6.54 Å². The van der Waals surface area contributed by atoms with Gasteiger partial charge in [-0.05, 0) is 30.5 Å². The summed E-state index contributed by atoms with van der Waals surface area (Å²) < 4.78 is 0. The van der Waals surface area contributed by atoms with E-state index in [9.17, 15) is 4.79 Å². The Morgan fingerprint density at radius 3 is 2.83 bits per heavy atom. The van der Waals surface area contributed by atoms with Gasteiger partial charge in [0.2, 0.25) is 5.91 Å². The highest BCUT2D eigenvalue weighted by atomic mass is 32.2. The summed E-state index contributed by atoms with van der Waals surface area (Å²) in [7, 11) is 0. The summed E-state index contributed by atoms with van der Waals surface area (Å²) in [5, 5.41) is 3.58. The number of nitrogens with one attached hydrogen (secondary N) is 2. The van der Waals surface area contributed by atoms with Crippen LogP contribution >= 0.6 is 11.8 Å². The van der Waals surface area contributed by atoms with Crippen LogP contribution in [0.1, 0.15) is 18.9 Å². The molecule has 3 rings (SSSR count). The number of rotatable bonds is 7. The van der Waals surface area contributed by atoms with Crippen molar-refractivity contribution in [1.29, 1.82) is 0 Å². The van der Waals surface area contributed by atoms with Gasteiger partial charge >= 0.3 is 0 Å². The molecule has 2 N–H and O–H groups in total. The van der Waals surface area contributed by atoms with E-state index in [0.29, 0.717) is 12.2 Å². The molecule has 1 amide bonds. The number of hydrogen-bond acceptors (Lipinski definition) is 4. The zero-order chi connectivity index (χ0) is 16.8. The second-order valence-electron chi connectivity index (χ2n) is 5.46. The van der Waals surface area contributed by atoms with Crippen molar-refractivity contribution in [3.63, 3.8) is 0 Å². The average molecular weight is 340 g/mol. The fourth-order valence-corrected chi connectivity index (χ4v) is 3.36. The van der Waals surface area contributed by atoms with E-state index in [1.165, 1.54) is 17.3 Å². The number of aromatic nitrogens is 3. The van der Waals surface area contributed by atoms with Crippen LogP contribution in [-0.2, 0) is 11.2 Å². The summed E-state index contributed by atoms with van der Waals surface area (Å²) in [5.41, 5.74) is 2.79. The van der Waals surface area contributed by atoms with Gasteiger partial charge in [-0.1, -0.05) is 49.0 Å². The minimum absolute atomic E-state index is 0.0480. The number of hydrogen-bond donors (Lipinski definition) is 2. The number of pyridine rings is 1. The lowest BCUT2D eigenvalue weighted by Gasteiger charge is -2.13. The molecular formula is C18H20N4OS. The highest BCUT2D eigenvalue weighted by molar-refractivity contribution is 8.00. The van der Waals surface area contributed by atoms with Gasteiger partial charge in [0.05, 0.1) is 10.8 Å². The number of carbonyl (C=O) groups excluding carboxylic acids is 1. The monoisotopic (exact) mass is 340 g/mol. The molecule has 0 saturated heterocycles. The van der Waals surface area contributed by atoms with Crippen LogP contribution in [0.2, 0.25) is 0 Å². The number of carbonyl (C=O) groups is 1. The number of thioether (sulfide) groups is 1. The summed E-state index contributed by atoms with van der Waals surface area (Å²) in [5.74, 6) is 0.0480. The Balaban J connectivity index is 1.55. The highest BCUT2D eigenvalue weighted by Crippen LogP contribution is 2.24. The lowest BCUT2D eigenvalue weighted by atomic mass is 10.1. The molecule has 0 unspecified atom stereocenters. The van der Waals surface area contributed by atoms with Gasteiger partial charge in [0.15, 0.2) is 10.8 Å². The van der Waals surface area contributed by atoms with Crippen LogP contribution in [0.3, 0.4) is 0 Å². The van der Waals surface area contributed by atoms with Crippen LogP contribution in [0.5, 0.6) is 0 Å². The van der Waals surface area contributed by atoms with Crippen LogP contribution in [0.4, 0.5) is 0 Å². The average Bonchev–Trinajstić information content (AvgIpc) is 3.03. The van der Waals surface area contributed by atoms with Gasteiger partial charge in [-0.15, -0.1) is 0 Å². The molecule has 2 aromatic heterocycles. The van der Waals surface area contributed by atoms with Crippen molar-refractivity contribution in [2.24, 2.45) is 0 Å². The Morgan fingerprint density at radius 2 is 2.08 bits per heavy atom. The molecule has 0 spiro atoms. The SMILES string of the molecule is CC[C@H](Sc1nc2ncccc2[nH]1)C(=O)NCCc1ccccc1. The number of amides is 1. The van der Waals surface area contributed by atoms with E-state index in [-0.39, 0.29) is 11.2 Å². The van der Waals surface area contributed by atoms with E-state index in [1.807, 2.05) is 37.3 Å². The Hall–Kier alpha value is -2.34. The van der Waals surface area contributed by atoms with E-state index < -0.39 is 0 Å². The maximum atomic E-state index is 12.4. The van der Waals surface area contributed by atoms with Crippen LogP contribution in [0.25, 0.3) is 11.2 Å². The van der Waals surface area contributed by atoms with Gasteiger partial charge in [0.1, 0.15) is 0 Å². The van der Waals surface area contributed by atoms with Gasteiger partial charge in [-0.3, -0.25) is 4.79 Å². The van der Waals surface area contributed by atoms with Crippen molar-refractivity contribution in [3.8, 4) is 0 Å². The molecular weight excluding hydrogens is 320 g/mol. The summed E-state index contributed by atoms with van der Waals surface area (Å²) in [6, 6.07) is 13.9. The lowest BCUT2D eigenvalue weighted by molar-refractivity contribution is -0.120. The van der Waals surface area contributed by atoms with Crippen LogP contribution < -0.4 is 5.32 Å². The quantitative estimate of drug-likeness (QED) is 0.648. The van der Waals surface area contributed by atoms with Crippen LogP contribution in [0.15, 0.2) is 53.8 Å². The third-order valence-corrected chi connectivity index (χ3v) is 4.96. The molecule has 0 radical (unpaired) electrons. The molecule has 24 heavy (non-hydrogen) atoms. The van der Waals surface area contributed by atoms with Crippen LogP contribution in [0, 0.1) is 0 Å². The second-order valence-corrected chi connectivity index (χ2v) is 6.65. The topological polar surface area (TPSA) is 70.7 Å². The molecule has 6 heteroatoms. The maximum absolute atomic E-state index is 12.4. The first-order valence-corrected chi connectivity index (χ1v) is 8.93. The summed E-state index contributed by atoms with van der Waals surface area (Å²) in [4.78, 5) is 24.2. The second kappa shape index (κ2) is 7.97. The third-order valence-electron chi connectivity index (χ3n) is 3.71. The molecule has 1 aromatic carbocycles. The molecule has 5 nitrogen and oxygen atoms in total. The van der Waals surface area contributed by atoms with E-state index in [4.69, 9.17) is 0 Å². The van der Waals surface area contributed by atoms with Gasteiger partial charge in [-0.2, -0.15) is 0 Å². The fraction of sp³-hybridized carbons (Fsp3) is 0.278. The molecule has 0 aliphatic carbocycles. The van der Waals surface area contributed by atoms with Gasteiger partial charge in [0.25, 0.3) is 0 Å². The molecule has 1 atom stereocenters. The summed E-state index contributed by atoms with van der Waals surface area (Å²) in [6.45, 7) is 2.65. The van der Waals surface area contributed by atoms with E-state index >= 15 is 0 Å². The number of fused-ring (bicyclic) bond motifs is 1. The summed E-state index contributed by atoms with van der Waals surface area (Å²) >= 11 is 1.45. The van der Waals surface area contributed by atoms with E-state index in [0.717, 1.165) is 23.5 Å². The predicted octanol–water partition coefficient (Wildman–Crippen LogP) is 3.19. The normalized spacial score (nSPS) is 12.2. The first-order chi connectivity index (χ1) is 11.8. The first-order valence-electron chi connectivity index (χ1n) is 8.05. The van der Waals surface area contributed by atoms with E-state index in [2.05, 4.69) is 32.4 Å². The van der Waals surface area contributed by atoms with Gasteiger partial charge < -0.3 is 10.3 Å². The molecule has 0 fully saturated rings. The van der Waals surface area contributed by atoms with Crippen molar-refractivity contribution in [1.82, 2.24) is 20.3 Å². The zero-order valence-corrected chi connectivity index (χ0v) is 14.3. The Morgan fingerprint density at radius 1 is 1.25 bits per heavy atom. The Labute approximate surface area is 145 Å². The number of imidazole rings is 1. The minimum atomic E-state index is -0.165. The minimum Gasteiger partial charge on any atom is -0.355 e. The third kappa shape index (κ3) is 4.14. The number of nitrogens with zero attached hydrogens (tertiary/aromatic N) is 2. The van der Waals surface area contributed by atoms with Crippen LogP contribution in [-0.4, -0.2) is 32.7 Å². The molecule has 0 bridgehead atoms. The standard InChI is InChI=1S/C18H20N4OS/c1-2-15(17(23)20-12-10-13-7-4-3-5-8-13)24-18-21-14-9-6-11-19-16(14)22-18/h3-9,11,15H,2,10,12H2,1H3,(H,20,23)(H,19,21,22)/t15-/m0/s1. The zero-order valence-electron chi connectivity index (χ0n) is 13.5. The molecule has 124 valence electrons. The predicted molar refractivity (Wildman–Crippen MR) is 97.0 cm³/mol. The number of aromatic amines is 1. The molecule has 0 saturated carbocycles. The van der Waals surface area contributed by atoms with Crippen molar-refractivity contribution in [2.45, 2.75) is 30.2 Å². The number of benzene rings is 1. The molecule has 2 heterocycles. The van der Waals surface area contributed by atoms with Crippen molar-refractivity contribution >= 4 is 28.8 Å². The smallest absolute Gasteiger partial charge is 0.233 e. The fourth-order valence-electron chi connectivity index (χ4n) is 2.42. The van der Waals surface area contributed by atoms with E-state index in [1.54, 1.807) is 6.20 Å². The number of H-pyrrole nitrogens is 1. The largest absolute Gasteiger partial charge is 0.355 e. The lowest BCUT2D eigenvalue weighted by Crippen LogP contribution is -2.33. The Kier molecular flexibility index (Phi) is 5.48. The first kappa shape index (κ1) is 16.5. The van der Waals surface area contributed by atoms with Crippen molar-refractivity contribution < 1.29 is 4.79 Å². The van der Waals surface area contributed by atoms with Gasteiger partial charge in [-0.25, -0.2) is 9.97 Å². The molecule has 3 aromatic rings.